The van der Waals surface area contributed by atoms with Gasteiger partial charge in [-0.05, 0) is 70.6 Å². The number of hydrogen-bond donors (Lipinski definition) is 0. The summed E-state index contributed by atoms with van der Waals surface area (Å²) in [5, 5.41) is 0. The number of carbonyl (C=O) groups excluding carboxylic acids is 3. The van der Waals surface area contributed by atoms with Crippen LogP contribution in [0.4, 0.5) is 0 Å². The maximum absolute atomic E-state index is 12.7. The van der Waals surface area contributed by atoms with Crippen LogP contribution in [0.1, 0.15) is 348 Å². The second-order valence-corrected chi connectivity index (χ2v) is 21.3. The number of unbranched alkanes of at least 4 members (excludes halogenated alkanes) is 43. The lowest BCUT2D eigenvalue weighted by atomic mass is 10.0. The minimum absolute atomic E-state index is 0.0705. The van der Waals surface area contributed by atoms with Gasteiger partial charge in [0, 0.05) is 19.3 Å². The Bertz CT molecular complexity index is 1130. The second-order valence-electron chi connectivity index (χ2n) is 21.3. The van der Waals surface area contributed by atoms with Crippen molar-refractivity contribution in [2.45, 2.75) is 354 Å². The Morgan fingerprint density at radius 1 is 0.271 bits per heavy atom. The van der Waals surface area contributed by atoms with Gasteiger partial charge >= 0.3 is 17.9 Å². The van der Waals surface area contributed by atoms with E-state index in [1.807, 2.05) is 0 Å². The van der Waals surface area contributed by atoms with Crippen LogP contribution in [0.5, 0.6) is 0 Å². The number of hydrogen-bond acceptors (Lipinski definition) is 6. The summed E-state index contributed by atoms with van der Waals surface area (Å²) in [5.41, 5.74) is 0. The van der Waals surface area contributed by atoms with E-state index >= 15 is 0 Å². The van der Waals surface area contributed by atoms with Gasteiger partial charge in [-0.1, -0.05) is 283 Å². The molecule has 0 amide bonds. The summed E-state index contributed by atoms with van der Waals surface area (Å²) in [6, 6.07) is 0. The maximum atomic E-state index is 12.7. The zero-order valence-electron chi connectivity index (χ0n) is 47.3. The van der Waals surface area contributed by atoms with Crippen LogP contribution in [0.25, 0.3) is 0 Å². The fraction of sp³-hybridized carbons (Fsp3) is 0.891. The number of rotatable bonds is 58. The molecule has 1 atom stereocenters. The number of carbonyl (C=O) groups is 3. The fourth-order valence-electron chi connectivity index (χ4n) is 9.44. The molecule has 0 rings (SSSR count). The van der Waals surface area contributed by atoms with Gasteiger partial charge in [-0.2, -0.15) is 0 Å². The number of esters is 3. The highest BCUT2D eigenvalue weighted by Gasteiger charge is 2.19. The molecule has 6 nitrogen and oxygen atoms in total. The Kier molecular flexibility index (Phi) is 57.7. The van der Waals surface area contributed by atoms with Gasteiger partial charge < -0.3 is 14.2 Å². The van der Waals surface area contributed by atoms with E-state index in [9.17, 15) is 14.4 Å². The summed E-state index contributed by atoms with van der Waals surface area (Å²) >= 11 is 0. The van der Waals surface area contributed by atoms with E-state index in [0.717, 1.165) is 70.6 Å². The standard InChI is InChI=1S/C64H120O6/c1-4-7-10-13-15-17-19-21-23-24-25-26-27-28-29-30-31-32-33-34-35-36-37-38-39-40-41-43-44-46-48-51-54-57-63(66)69-60-61(59-68-62(65)56-53-50-12-9-6-3)70-64(67)58-55-52-49-47-45-42-22-20-18-16-14-11-8-5-2/h20,22,24-25,61H,4-19,21,23,26-60H2,1-3H3/b22-20-,25-24-. The monoisotopic (exact) mass is 985 g/mol. The first kappa shape index (κ1) is 67.9. The van der Waals surface area contributed by atoms with E-state index in [1.54, 1.807) is 0 Å². The smallest absolute Gasteiger partial charge is 0.306 e. The molecule has 0 fully saturated rings. The molecule has 0 saturated heterocycles. The zero-order chi connectivity index (χ0) is 50.7. The van der Waals surface area contributed by atoms with Crippen LogP contribution in [-0.2, 0) is 28.6 Å². The Labute approximate surface area is 436 Å². The van der Waals surface area contributed by atoms with Crippen LogP contribution in [0.15, 0.2) is 24.3 Å². The van der Waals surface area contributed by atoms with E-state index < -0.39 is 6.10 Å². The van der Waals surface area contributed by atoms with E-state index in [1.165, 1.54) is 238 Å². The highest BCUT2D eigenvalue weighted by Crippen LogP contribution is 2.17. The fourth-order valence-corrected chi connectivity index (χ4v) is 9.44. The van der Waals surface area contributed by atoms with Gasteiger partial charge in [0.15, 0.2) is 6.10 Å². The predicted molar refractivity (Wildman–Crippen MR) is 303 cm³/mol. The molecule has 0 saturated carbocycles. The van der Waals surface area contributed by atoms with Crippen LogP contribution in [-0.4, -0.2) is 37.2 Å². The zero-order valence-corrected chi connectivity index (χ0v) is 47.3. The normalized spacial score (nSPS) is 12.1. The minimum atomic E-state index is -0.768. The predicted octanol–water partition coefficient (Wildman–Crippen LogP) is 21.1. The quantitative estimate of drug-likeness (QED) is 0.0261. The lowest BCUT2D eigenvalue weighted by Crippen LogP contribution is -2.30. The Hall–Kier alpha value is -2.11. The average Bonchev–Trinajstić information content (AvgIpc) is 3.36. The van der Waals surface area contributed by atoms with Gasteiger partial charge in [0.1, 0.15) is 13.2 Å². The lowest BCUT2D eigenvalue weighted by Gasteiger charge is -2.18. The minimum Gasteiger partial charge on any atom is -0.462 e. The van der Waals surface area contributed by atoms with Crippen molar-refractivity contribution in [3.63, 3.8) is 0 Å². The van der Waals surface area contributed by atoms with Gasteiger partial charge in [0.25, 0.3) is 0 Å². The molecule has 0 aliphatic rings. The molecule has 0 radical (unpaired) electrons. The first-order valence-electron chi connectivity index (χ1n) is 31.3. The van der Waals surface area contributed by atoms with E-state index in [0.29, 0.717) is 19.3 Å². The van der Waals surface area contributed by atoms with Crippen LogP contribution < -0.4 is 0 Å². The summed E-state index contributed by atoms with van der Waals surface area (Å²) < 4.78 is 16.7. The molecule has 0 spiro atoms. The van der Waals surface area contributed by atoms with Gasteiger partial charge in [-0.15, -0.1) is 0 Å². The van der Waals surface area contributed by atoms with Crippen molar-refractivity contribution in [3.8, 4) is 0 Å². The largest absolute Gasteiger partial charge is 0.462 e. The number of ether oxygens (including phenoxy) is 3. The molecular formula is C64H120O6. The first-order valence-corrected chi connectivity index (χ1v) is 31.3. The highest BCUT2D eigenvalue weighted by molar-refractivity contribution is 5.71. The van der Waals surface area contributed by atoms with Crippen molar-refractivity contribution >= 4 is 17.9 Å². The molecule has 0 aliphatic carbocycles. The number of allylic oxidation sites excluding steroid dienone is 4. The second kappa shape index (κ2) is 59.5. The van der Waals surface area contributed by atoms with Gasteiger partial charge in [0.05, 0.1) is 0 Å². The molecular weight excluding hydrogens is 865 g/mol. The van der Waals surface area contributed by atoms with Crippen LogP contribution in [0.3, 0.4) is 0 Å². The summed E-state index contributed by atoms with van der Waals surface area (Å²) in [6.45, 7) is 6.58. The summed E-state index contributed by atoms with van der Waals surface area (Å²) in [4.78, 5) is 37.8. The average molecular weight is 986 g/mol. The van der Waals surface area contributed by atoms with Crippen molar-refractivity contribution in [2.24, 2.45) is 0 Å². The van der Waals surface area contributed by atoms with Gasteiger partial charge in [-0.3, -0.25) is 14.4 Å². The third kappa shape index (κ3) is 56.8. The van der Waals surface area contributed by atoms with E-state index in [2.05, 4.69) is 45.1 Å². The maximum Gasteiger partial charge on any atom is 0.306 e. The molecule has 1 unspecified atom stereocenters. The molecule has 0 aromatic rings. The molecule has 0 aromatic heterocycles. The van der Waals surface area contributed by atoms with Gasteiger partial charge in [-0.25, -0.2) is 0 Å². The molecule has 0 heterocycles. The van der Waals surface area contributed by atoms with Crippen molar-refractivity contribution in [1.82, 2.24) is 0 Å². The molecule has 70 heavy (non-hydrogen) atoms. The van der Waals surface area contributed by atoms with Crippen LogP contribution >= 0.6 is 0 Å². The Morgan fingerprint density at radius 2 is 0.471 bits per heavy atom. The van der Waals surface area contributed by atoms with Crippen LogP contribution in [0.2, 0.25) is 0 Å². The van der Waals surface area contributed by atoms with Crippen LogP contribution in [0, 0.1) is 0 Å². The van der Waals surface area contributed by atoms with E-state index in [-0.39, 0.29) is 31.1 Å². The molecule has 412 valence electrons. The van der Waals surface area contributed by atoms with Crippen molar-refractivity contribution in [1.29, 1.82) is 0 Å². The topological polar surface area (TPSA) is 78.9 Å². The molecule has 0 aliphatic heterocycles. The summed E-state index contributed by atoms with van der Waals surface area (Å²) in [5.74, 6) is -0.876. The SMILES string of the molecule is CCCCCCC/C=C\CCCCCCCC(=O)OC(COC(=O)CCCCCCC)COC(=O)CCCCCCCCCCCCCCCCCCCCCCC/C=C\CCCCCCCCCC. The molecule has 0 aromatic carbocycles. The molecule has 0 bridgehead atoms. The van der Waals surface area contributed by atoms with Crippen molar-refractivity contribution in [2.75, 3.05) is 13.2 Å². The summed E-state index contributed by atoms with van der Waals surface area (Å²) in [7, 11) is 0. The molecule has 6 heteroatoms. The third-order valence-electron chi connectivity index (χ3n) is 14.2. The van der Waals surface area contributed by atoms with E-state index in [4.69, 9.17) is 14.2 Å². The van der Waals surface area contributed by atoms with Crippen molar-refractivity contribution < 1.29 is 28.6 Å². The molecule has 0 N–H and O–H groups in total. The Morgan fingerprint density at radius 3 is 0.714 bits per heavy atom. The Balaban J connectivity index is 3.86. The highest BCUT2D eigenvalue weighted by atomic mass is 16.6. The lowest BCUT2D eigenvalue weighted by molar-refractivity contribution is -0.167. The van der Waals surface area contributed by atoms with Crippen molar-refractivity contribution in [3.05, 3.63) is 24.3 Å². The third-order valence-corrected chi connectivity index (χ3v) is 14.2. The summed E-state index contributed by atoms with van der Waals surface area (Å²) in [6.07, 6.45) is 71.1. The van der Waals surface area contributed by atoms with Gasteiger partial charge in [0.2, 0.25) is 0 Å². The first-order chi connectivity index (χ1) is 34.5.